The normalized spacial score (nSPS) is 12.1. The molecule has 0 fully saturated rings. The Morgan fingerprint density at radius 2 is 1.59 bits per heavy atom. The van der Waals surface area contributed by atoms with Crippen LogP contribution in [-0.4, -0.2) is 5.54 Å². The molecule has 0 aliphatic rings. The van der Waals surface area contributed by atoms with Gasteiger partial charge >= 0.3 is 0 Å². The third-order valence-electron chi connectivity index (χ3n) is 3.89. The smallest absolute Gasteiger partial charge is 0.0591 e. The van der Waals surface area contributed by atoms with Gasteiger partial charge in [0.15, 0.2) is 0 Å². The van der Waals surface area contributed by atoms with Gasteiger partial charge in [-0.1, -0.05) is 61.5 Å². The van der Waals surface area contributed by atoms with Crippen molar-refractivity contribution in [2.45, 2.75) is 32.7 Å². The minimum absolute atomic E-state index is 0.0147. The second kappa shape index (κ2) is 7.14. The van der Waals surface area contributed by atoms with E-state index in [-0.39, 0.29) is 5.54 Å². The van der Waals surface area contributed by atoms with E-state index in [0.29, 0.717) is 0 Å². The molecule has 2 rings (SSSR count). The van der Waals surface area contributed by atoms with Crippen LogP contribution in [0.2, 0.25) is 0 Å². The maximum Gasteiger partial charge on any atom is 0.0591 e. The summed E-state index contributed by atoms with van der Waals surface area (Å²) in [5.74, 6) is 5.48. The maximum absolute atomic E-state index is 5.48. The SMILES string of the molecule is CCC(C)(C)N/C(=C\NN)c1ccc(-c2ccccc2)cc1. The average molecular weight is 295 g/mol. The Labute approximate surface area is 133 Å². The van der Waals surface area contributed by atoms with Crippen molar-refractivity contribution in [1.82, 2.24) is 10.7 Å². The Balaban J connectivity index is 2.25. The molecule has 116 valence electrons. The molecule has 2 aromatic carbocycles. The van der Waals surface area contributed by atoms with Crippen molar-refractivity contribution in [2.24, 2.45) is 5.84 Å². The molecule has 0 aromatic heterocycles. The van der Waals surface area contributed by atoms with Crippen LogP contribution in [0.15, 0.2) is 60.8 Å². The summed E-state index contributed by atoms with van der Waals surface area (Å²) in [7, 11) is 0. The highest BCUT2D eigenvalue weighted by Gasteiger charge is 2.16. The molecular weight excluding hydrogens is 270 g/mol. The van der Waals surface area contributed by atoms with E-state index < -0.39 is 0 Å². The topological polar surface area (TPSA) is 50.1 Å². The molecule has 0 heterocycles. The minimum atomic E-state index is 0.0147. The quantitative estimate of drug-likeness (QED) is 0.559. The zero-order valence-electron chi connectivity index (χ0n) is 13.6. The first-order chi connectivity index (χ1) is 10.6. The number of nitrogens with one attached hydrogen (secondary N) is 2. The van der Waals surface area contributed by atoms with Crippen molar-refractivity contribution in [1.29, 1.82) is 0 Å². The summed E-state index contributed by atoms with van der Waals surface area (Å²) in [4.78, 5) is 0. The Morgan fingerprint density at radius 1 is 1.00 bits per heavy atom. The molecule has 0 bridgehead atoms. The van der Waals surface area contributed by atoms with Gasteiger partial charge in [-0.05, 0) is 37.0 Å². The summed E-state index contributed by atoms with van der Waals surface area (Å²) < 4.78 is 0. The zero-order valence-corrected chi connectivity index (χ0v) is 13.6. The van der Waals surface area contributed by atoms with E-state index in [2.05, 4.69) is 80.0 Å². The van der Waals surface area contributed by atoms with E-state index in [9.17, 15) is 0 Å². The van der Waals surface area contributed by atoms with Gasteiger partial charge in [-0.25, -0.2) is 0 Å². The van der Waals surface area contributed by atoms with Gasteiger partial charge in [0.25, 0.3) is 0 Å². The number of benzene rings is 2. The molecule has 3 nitrogen and oxygen atoms in total. The van der Waals surface area contributed by atoms with E-state index in [1.54, 1.807) is 6.20 Å². The van der Waals surface area contributed by atoms with Crippen LogP contribution in [0.25, 0.3) is 16.8 Å². The molecule has 0 amide bonds. The highest BCUT2D eigenvalue weighted by Crippen LogP contribution is 2.23. The molecular formula is C19H25N3. The molecule has 0 spiro atoms. The maximum atomic E-state index is 5.48. The lowest BCUT2D eigenvalue weighted by molar-refractivity contribution is 0.436. The number of rotatable bonds is 6. The van der Waals surface area contributed by atoms with Gasteiger partial charge in [0.2, 0.25) is 0 Å². The summed E-state index contributed by atoms with van der Waals surface area (Å²) in [6.07, 6.45) is 2.83. The lowest BCUT2D eigenvalue weighted by atomic mass is 9.99. The summed E-state index contributed by atoms with van der Waals surface area (Å²) >= 11 is 0. The van der Waals surface area contributed by atoms with Crippen LogP contribution < -0.4 is 16.6 Å². The van der Waals surface area contributed by atoms with Gasteiger partial charge in [-0.2, -0.15) is 0 Å². The Morgan fingerprint density at radius 3 is 2.14 bits per heavy atom. The highest BCUT2D eigenvalue weighted by atomic mass is 15.2. The molecule has 3 heteroatoms. The van der Waals surface area contributed by atoms with Crippen LogP contribution in [0.3, 0.4) is 0 Å². The van der Waals surface area contributed by atoms with Gasteiger partial charge in [-0.3, -0.25) is 5.84 Å². The van der Waals surface area contributed by atoms with Gasteiger partial charge < -0.3 is 10.7 Å². The predicted octanol–water partition coefficient (Wildman–Crippen LogP) is 3.89. The first-order valence-corrected chi connectivity index (χ1v) is 7.66. The molecule has 22 heavy (non-hydrogen) atoms. The van der Waals surface area contributed by atoms with Crippen molar-refractivity contribution in [3.8, 4) is 11.1 Å². The molecule has 0 atom stereocenters. The molecule has 4 N–H and O–H groups in total. The van der Waals surface area contributed by atoms with E-state index in [0.717, 1.165) is 17.7 Å². The van der Waals surface area contributed by atoms with Gasteiger partial charge in [0, 0.05) is 11.7 Å². The first kappa shape index (κ1) is 16.1. The standard InChI is InChI=1S/C19H25N3/c1-4-19(2,3)22-18(14-21-20)17-12-10-16(11-13-17)15-8-6-5-7-9-15/h5-14,21-22H,4,20H2,1-3H3/b18-14-. The van der Waals surface area contributed by atoms with Crippen molar-refractivity contribution < 1.29 is 0 Å². The van der Waals surface area contributed by atoms with Gasteiger partial charge in [0.1, 0.15) is 0 Å². The van der Waals surface area contributed by atoms with Crippen LogP contribution in [0.5, 0.6) is 0 Å². The molecule has 0 aliphatic carbocycles. The van der Waals surface area contributed by atoms with E-state index in [1.807, 2.05) is 6.07 Å². The Bertz CT molecular complexity index is 613. The number of hydrogen-bond acceptors (Lipinski definition) is 3. The highest BCUT2D eigenvalue weighted by molar-refractivity contribution is 5.69. The second-order valence-electron chi connectivity index (χ2n) is 6.03. The third-order valence-corrected chi connectivity index (χ3v) is 3.89. The zero-order chi connectivity index (χ0) is 16.0. The van der Waals surface area contributed by atoms with Crippen LogP contribution in [-0.2, 0) is 0 Å². The number of nitrogens with two attached hydrogens (primary N) is 1. The molecule has 0 saturated carbocycles. The van der Waals surface area contributed by atoms with Crippen LogP contribution >= 0.6 is 0 Å². The third kappa shape index (κ3) is 4.12. The lowest BCUT2D eigenvalue weighted by Crippen LogP contribution is -2.38. The molecule has 0 saturated heterocycles. The largest absolute Gasteiger partial charge is 0.378 e. The number of hydrogen-bond donors (Lipinski definition) is 3. The lowest BCUT2D eigenvalue weighted by Gasteiger charge is -2.28. The number of hydrazine groups is 1. The van der Waals surface area contributed by atoms with Crippen molar-refractivity contribution in [3.05, 3.63) is 66.4 Å². The molecule has 0 unspecified atom stereocenters. The van der Waals surface area contributed by atoms with Crippen LogP contribution in [0.1, 0.15) is 32.8 Å². The van der Waals surface area contributed by atoms with Crippen molar-refractivity contribution in [2.75, 3.05) is 0 Å². The minimum Gasteiger partial charge on any atom is -0.378 e. The predicted molar refractivity (Wildman–Crippen MR) is 94.7 cm³/mol. The first-order valence-electron chi connectivity index (χ1n) is 7.66. The summed E-state index contributed by atoms with van der Waals surface area (Å²) in [6.45, 7) is 6.52. The van der Waals surface area contributed by atoms with E-state index in [1.165, 1.54) is 11.1 Å². The molecule has 2 aromatic rings. The molecule has 0 aliphatic heterocycles. The fraction of sp³-hybridized carbons (Fsp3) is 0.263. The summed E-state index contributed by atoms with van der Waals surface area (Å²) in [5, 5.41) is 3.54. The fourth-order valence-electron chi connectivity index (χ4n) is 2.20. The van der Waals surface area contributed by atoms with Crippen molar-refractivity contribution in [3.63, 3.8) is 0 Å². The average Bonchev–Trinajstić information content (AvgIpc) is 2.55. The molecule has 0 radical (unpaired) electrons. The van der Waals surface area contributed by atoms with Crippen LogP contribution in [0, 0.1) is 0 Å². The second-order valence-corrected chi connectivity index (χ2v) is 6.03. The summed E-state index contributed by atoms with van der Waals surface area (Å²) in [5.41, 5.74) is 7.18. The Kier molecular flexibility index (Phi) is 5.23. The monoisotopic (exact) mass is 295 g/mol. The van der Waals surface area contributed by atoms with Gasteiger partial charge in [0.05, 0.1) is 5.70 Å². The fourth-order valence-corrected chi connectivity index (χ4v) is 2.20. The van der Waals surface area contributed by atoms with E-state index in [4.69, 9.17) is 5.84 Å². The van der Waals surface area contributed by atoms with Gasteiger partial charge in [-0.15, -0.1) is 0 Å². The Hall–Kier alpha value is -2.26. The van der Waals surface area contributed by atoms with Crippen LogP contribution in [0.4, 0.5) is 0 Å². The van der Waals surface area contributed by atoms with Crippen molar-refractivity contribution >= 4 is 5.70 Å². The van der Waals surface area contributed by atoms with E-state index >= 15 is 0 Å². The summed E-state index contributed by atoms with van der Waals surface area (Å²) in [6, 6.07) is 18.9.